The Morgan fingerprint density at radius 2 is 1.84 bits per heavy atom. The first kappa shape index (κ1) is 25.2. The first-order valence-corrected chi connectivity index (χ1v) is 9.96. The van der Waals surface area contributed by atoms with Crippen molar-refractivity contribution < 1.29 is 31.9 Å². The number of furan rings is 1. The van der Waals surface area contributed by atoms with E-state index in [0.29, 0.717) is 13.0 Å². The van der Waals surface area contributed by atoms with Crippen molar-refractivity contribution in [2.45, 2.75) is 39.0 Å². The van der Waals surface area contributed by atoms with Gasteiger partial charge in [-0.2, -0.15) is 13.2 Å². The molecule has 0 radical (unpaired) electrons. The average Bonchev–Trinajstić information content (AvgIpc) is 3.24. The van der Waals surface area contributed by atoms with Crippen LogP contribution in [0.25, 0.3) is 0 Å². The summed E-state index contributed by atoms with van der Waals surface area (Å²) in [7, 11) is 1.44. The molecule has 0 aromatic carbocycles. The second kappa shape index (κ2) is 11.0. The molecule has 0 saturated carbocycles. The fourth-order valence-corrected chi connectivity index (χ4v) is 2.83. The normalized spacial score (nSPS) is 12.6. The van der Waals surface area contributed by atoms with Crippen molar-refractivity contribution >= 4 is 11.8 Å². The minimum absolute atomic E-state index is 0.117. The van der Waals surface area contributed by atoms with E-state index in [2.05, 4.69) is 5.32 Å². The smallest absolute Gasteiger partial charge is 0.415 e. The van der Waals surface area contributed by atoms with Crippen molar-refractivity contribution in [3.8, 4) is 0 Å². The highest BCUT2D eigenvalue weighted by atomic mass is 19.4. The van der Waals surface area contributed by atoms with Crippen LogP contribution in [0.3, 0.4) is 0 Å². The molecule has 1 atom stereocenters. The Morgan fingerprint density at radius 3 is 2.38 bits per heavy atom. The summed E-state index contributed by atoms with van der Waals surface area (Å²) < 4.78 is 51.6. The minimum Gasteiger partial charge on any atom is -0.467 e. The van der Waals surface area contributed by atoms with Gasteiger partial charge < -0.3 is 24.4 Å². The summed E-state index contributed by atoms with van der Waals surface area (Å²) in [6, 6.07) is -0.129. The number of nitrogens with one attached hydrogen (secondary N) is 2. The first-order chi connectivity index (χ1) is 15.0. The van der Waals surface area contributed by atoms with E-state index in [9.17, 15) is 27.6 Å². The standard InChI is InChI=1S/C21H26F3N3O5/c1-13(2)6-8-27-11-14(19(29)25-7-10-31-3)17(28)15(12-27)20(30)26-18(21(22,23)24)16-5-4-9-32-16/h4-5,9,11-13,18H,6-8,10H2,1-3H3,(H,25,29)(H,26,30)/t18-/m1/s1. The summed E-state index contributed by atoms with van der Waals surface area (Å²) in [5.41, 5.74) is -1.90. The molecule has 0 bridgehead atoms. The van der Waals surface area contributed by atoms with Gasteiger partial charge in [-0.3, -0.25) is 14.4 Å². The summed E-state index contributed by atoms with van der Waals surface area (Å²) in [5.74, 6) is -2.27. The lowest BCUT2D eigenvalue weighted by atomic mass is 10.1. The van der Waals surface area contributed by atoms with Crippen LogP contribution >= 0.6 is 0 Å². The molecule has 0 spiro atoms. The number of carbonyl (C=O) groups is 2. The van der Waals surface area contributed by atoms with E-state index in [0.717, 1.165) is 18.5 Å². The number of carbonyl (C=O) groups excluding carboxylic acids is 2. The Hall–Kier alpha value is -3.08. The zero-order valence-corrected chi connectivity index (χ0v) is 18.0. The van der Waals surface area contributed by atoms with Gasteiger partial charge in [0.2, 0.25) is 5.43 Å². The zero-order valence-electron chi connectivity index (χ0n) is 18.0. The number of pyridine rings is 1. The molecule has 2 rings (SSSR count). The van der Waals surface area contributed by atoms with Crippen molar-refractivity contribution in [1.82, 2.24) is 15.2 Å². The maximum Gasteiger partial charge on any atom is 0.415 e. The van der Waals surface area contributed by atoms with Crippen LogP contribution in [0.1, 0.15) is 52.8 Å². The molecule has 2 N–H and O–H groups in total. The van der Waals surface area contributed by atoms with Gasteiger partial charge in [-0.05, 0) is 24.5 Å². The third kappa shape index (κ3) is 6.71. The first-order valence-electron chi connectivity index (χ1n) is 9.96. The minimum atomic E-state index is -4.86. The Bertz CT molecular complexity index is 968. The summed E-state index contributed by atoms with van der Waals surface area (Å²) in [4.78, 5) is 38.0. The molecular formula is C21H26F3N3O5. The Balaban J connectivity index is 2.41. The lowest BCUT2D eigenvalue weighted by Crippen LogP contribution is -2.41. The van der Waals surface area contributed by atoms with Crippen LogP contribution in [-0.4, -0.2) is 42.8 Å². The van der Waals surface area contributed by atoms with Gasteiger partial charge in [0, 0.05) is 32.6 Å². The van der Waals surface area contributed by atoms with Gasteiger partial charge in [-0.15, -0.1) is 0 Å². The van der Waals surface area contributed by atoms with E-state index in [1.165, 1.54) is 23.9 Å². The number of hydrogen-bond donors (Lipinski definition) is 2. The van der Waals surface area contributed by atoms with Crippen LogP contribution in [0.15, 0.2) is 40.0 Å². The number of rotatable bonds is 10. The number of aryl methyl sites for hydroxylation is 1. The number of amides is 2. The van der Waals surface area contributed by atoms with Crippen LogP contribution in [0.4, 0.5) is 13.2 Å². The molecule has 2 amide bonds. The quantitative estimate of drug-likeness (QED) is 0.534. The maximum absolute atomic E-state index is 13.5. The molecule has 2 aromatic rings. The number of alkyl halides is 3. The highest BCUT2D eigenvalue weighted by Gasteiger charge is 2.44. The molecule has 0 aliphatic carbocycles. The van der Waals surface area contributed by atoms with Gasteiger partial charge in [0.15, 0.2) is 6.04 Å². The summed E-state index contributed by atoms with van der Waals surface area (Å²) >= 11 is 0. The van der Waals surface area contributed by atoms with Crippen LogP contribution in [0.2, 0.25) is 0 Å². The van der Waals surface area contributed by atoms with E-state index in [1.54, 1.807) is 5.32 Å². The molecule has 2 heterocycles. The molecule has 8 nitrogen and oxygen atoms in total. The number of nitrogens with zero attached hydrogens (tertiary/aromatic N) is 1. The van der Waals surface area contributed by atoms with Crippen molar-refractivity contribution in [3.05, 3.63) is 57.9 Å². The van der Waals surface area contributed by atoms with Gasteiger partial charge >= 0.3 is 6.18 Å². The number of ether oxygens (including phenoxy) is 1. The highest BCUT2D eigenvalue weighted by molar-refractivity contribution is 5.99. The monoisotopic (exact) mass is 457 g/mol. The number of hydrogen-bond acceptors (Lipinski definition) is 5. The summed E-state index contributed by atoms with van der Waals surface area (Å²) in [6.07, 6.45) is -0.714. The largest absolute Gasteiger partial charge is 0.467 e. The van der Waals surface area contributed by atoms with Crippen LogP contribution in [0.5, 0.6) is 0 Å². The second-order valence-corrected chi connectivity index (χ2v) is 7.55. The van der Waals surface area contributed by atoms with E-state index >= 15 is 0 Å². The molecule has 0 fully saturated rings. The molecule has 2 aromatic heterocycles. The molecule has 11 heteroatoms. The zero-order chi connectivity index (χ0) is 23.9. The van der Waals surface area contributed by atoms with Crippen molar-refractivity contribution in [3.63, 3.8) is 0 Å². The van der Waals surface area contributed by atoms with E-state index < -0.39 is 40.8 Å². The summed E-state index contributed by atoms with van der Waals surface area (Å²) in [5, 5.41) is 4.29. The number of halogens is 3. The predicted octanol–water partition coefficient (Wildman–Crippen LogP) is 2.90. The number of methoxy groups -OCH3 is 1. The van der Waals surface area contributed by atoms with Gasteiger partial charge in [0.25, 0.3) is 11.8 Å². The Morgan fingerprint density at radius 1 is 1.19 bits per heavy atom. The highest BCUT2D eigenvalue weighted by Crippen LogP contribution is 2.33. The lowest BCUT2D eigenvalue weighted by molar-refractivity contribution is -0.159. The van der Waals surface area contributed by atoms with Gasteiger partial charge in [-0.25, -0.2) is 0 Å². The van der Waals surface area contributed by atoms with Crippen molar-refractivity contribution in [1.29, 1.82) is 0 Å². The fourth-order valence-electron chi connectivity index (χ4n) is 2.83. The topological polar surface area (TPSA) is 103 Å². The maximum atomic E-state index is 13.5. The third-order valence-electron chi connectivity index (χ3n) is 4.56. The van der Waals surface area contributed by atoms with Crippen molar-refractivity contribution in [2.24, 2.45) is 5.92 Å². The predicted molar refractivity (Wildman–Crippen MR) is 109 cm³/mol. The molecule has 0 unspecified atom stereocenters. The van der Waals surface area contributed by atoms with Crippen LogP contribution in [0, 0.1) is 5.92 Å². The second-order valence-electron chi connectivity index (χ2n) is 7.55. The molecule has 0 aliphatic rings. The SMILES string of the molecule is COCCNC(=O)c1cn(CCC(C)C)cc(C(=O)N[C@H](c2ccco2)C(F)(F)F)c1=O. The average molecular weight is 457 g/mol. The van der Waals surface area contributed by atoms with Crippen molar-refractivity contribution in [2.75, 3.05) is 20.3 Å². The molecule has 32 heavy (non-hydrogen) atoms. The van der Waals surface area contributed by atoms with Gasteiger partial charge in [0.1, 0.15) is 16.9 Å². The van der Waals surface area contributed by atoms with Crippen LogP contribution < -0.4 is 16.1 Å². The van der Waals surface area contributed by atoms with Gasteiger partial charge in [0.05, 0.1) is 12.9 Å². The van der Waals surface area contributed by atoms with E-state index in [1.807, 2.05) is 13.8 Å². The molecular weight excluding hydrogens is 431 g/mol. The third-order valence-corrected chi connectivity index (χ3v) is 4.56. The summed E-state index contributed by atoms with van der Waals surface area (Å²) in [6.45, 7) is 4.60. The molecule has 176 valence electrons. The van der Waals surface area contributed by atoms with E-state index in [-0.39, 0.29) is 24.6 Å². The van der Waals surface area contributed by atoms with Crippen LogP contribution in [-0.2, 0) is 11.3 Å². The molecule has 0 aliphatic heterocycles. The van der Waals surface area contributed by atoms with E-state index in [4.69, 9.17) is 9.15 Å². The van der Waals surface area contributed by atoms with Gasteiger partial charge in [-0.1, -0.05) is 13.8 Å². The number of aromatic nitrogens is 1. The lowest BCUT2D eigenvalue weighted by Gasteiger charge is -2.20. The fraction of sp³-hybridized carbons (Fsp3) is 0.476. The molecule has 0 saturated heterocycles. The Labute approximate surface area is 182 Å². The Kier molecular flexibility index (Phi) is 8.64.